The van der Waals surface area contributed by atoms with E-state index in [1.807, 2.05) is 0 Å². The van der Waals surface area contributed by atoms with E-state index in [0.29, 0.717) is 17.2 Å². The van der Waals surface area contributed by atoms with E-state index < -0.39 is 6.04 Å². The van der Waals surface area contributed by atoms with E-state index in [-0.39, 0.29) is 30.3 Å². The largest absolute Gasteiger partial charge is 0.497 e. The lowest BCUT2D eigenvalue weighted by atomic mass is 9.87. The molecule has 1 aliphatic heterocycles. The Hall–Kier alpha value is -2.28. The van der Waals surface area contributed by atoms with Gasteiger partial charge in [-0.05, 0) is 25.0 Å². The zero-order valence-electron chi connectivity index (χ0n) is 14.6. The van der Waals surface area contributed by atoms with Gasteiger partial charge in [0.2, 0.25) is 11.8 Å². The van der Waals surface area contributed by atoms with Gasteiger partial charge in [0.15, 0.2) is 0 Å². The van der Waals surface area contributed by atoms with Gasteiger partial charge in [0, 0.05) is 18.2 Å². The zero-order valence-corrected chi connectivity index (χ0v) is 14.6. The third kappa shape index (κ3) is 4.04. The Kier molecular flexibility index (Phi) is 5.43. The van der Waals surface area contributed by atoms with Crippen molar-refractivity contribution < 1.29 is 19.1 Å². The smallest absolute Gasteiger partial charge is 0.237 e. The standard InChI is InChI=1S/C18H25N3O4/c1-24-11-7-8-14(16(9-11)25-2)20-17(22)10-15-18(23)21-13-6-4-3-5-12(13)19-15/h7-9,12-13,15,19H,3-6,10H2,1-2H3,(H,20,22)(H,21,23)/t12-,13+,15-/m0/s1. The molecular weight excluding hydrogens is 322 g/mol. The number of hydrogen-bond acceptors (Lipinski definition) is 5. The highest BCUT2D eigenvalue weighted by atomic mass is 16.5. The molecule has 0 aromatic heterocycles. The number of nitrogens with one attached hydrogen (secondary N) is 3. The summed E-state index contributed by atoms with van der Waals surface area (Å²) >= 11 is 0. The molecule has 0 bridgehead atoms. The fraction of sp³-hybridized carbons (Fsp3) is 0.556. The monoisotopic (exact) mass is 347 g/mol. The van der Waals surface area contributed by atoms with Crippen LogP contribution in [0.1, 0.15) is 32.1 Å². The second-order valence-electron chi connectivity index (χ2n) is 6.54. The summed E-state index contributed by atoms with van der Waals surface area (Å²) in [6.45, 7) is 0. The van der Waals surface area contributed by atoms with Crippen LogP contribution in [0.25, 0.3) is 0 Å². The van der Waals surface area contributed by atoms with Crippen LogP contribution in [0.3, 0.4) is 0 Å². The predicted molar refractivity (Wildman–Crippen MR) is 93.9 cm³/mol. The second-order valence-corrected chi connectivity index (χ2v) is 6.54. The topological polar surface area (TPSA) is 88.7 Å². The molecule has 7 nitrogen and oxygen atoms in total. The number of rotatable bonds is 5. The number of carbonyl (C=O) groups excluding carboxylic acids is 2. The molecule has 1 heterocycles. The summed E-state index contributed by atoms with van der Waals surface area (Å²) in [6, 6.07) is 5.14. The highest BCUT2D eigenvalue weighted by Gasteiger charge is 2.37. The Labute approximate surface area is 147 Å². The molecule has 3 atom stereocenters. The van der Waals surface area contributed by atoms with Crippen LogP contribution in [0.4, 0.5) is 5.69 Å². The molecule has 136 valence electrons. The summed E-state index contributed by atoms with van der Waals surface area (Å²) in [5.74, 6) is 0.831. The first-order valence-corrected chi connectivity index (χ1v) is 8.69. The van der Waals surface area contributed by atoms with Gasteiger partial charge in [0.25, 0.3) is 0 Å². The zero-order chi connectivity index (χ0) is 17.8. The van der Waals surface area contributed by atoms with Crippen LogP contribution in [-0.4, -0.2) is 44.2 Å². The van der Waals surface area contributed by atoms with Crippen molar-refractivity contribution in [2.24, 2.45) is 0 Å². The van der Waals surface area contributed by atoms with Crippen molar-refractivity contribution >= 4 is 17.5 Å². The third-order valence-electron chi connectivity index (χ3n) is 4.90. The van der Waals surface area contributed by atoms with Crippen molar-refractivity contribution in [3.63, 3.8) is 0 Å². The summed E-state index contributed by atoms with van der Waals surface area (Å²) in [5.41, 5.74) is 0.556. The number of hydrogen-bond donors (Lipinski definition) is 3. The molecule has 3 N–H and O–H groups in total. The van der Waals surface area contributed by atoms with Crippen molar-refractivity contribution in [2.45, 2.75) is 50.2 Å². The van der Waals surface area contributed by atoms with Gasteiger partial charge in [-0.15, -0.1) is 0 Å². The average Bonchev–Trinajstić information content (AvgIpc) is 2.62. The van der Waals surface area contributed by atoms with Gasteiger partial charge in [0.05, 0.1) is 32.4 Å². The first-order chi connectivity index (χ1) is 12.1. The average molecular weight is 347 g/mol. The van der Waals surface area contributed by atoms with Crippen molar-refractivity contribution in [1.82, 2.24) is 10.6 Å². The molecular formula is C18H25N3O4. The Balaban J connectivity index is 1.61. The first kappa shape index (κ1) is 17.5. The van der Waals surface area contributed by atoms with Crippen LogP contribution in [0.2, 0.25) is 0 Å². The quantitative estimate of drug-likeness (QED) is 0.750. The van der Waals surface area contributed by atoms with E-state index in [0.717, 1.165) is 25.7 Å². The minimum absolute atomic E-state index is 0.0875. The molecule has 0 spiro atoms. The second kappa shape index (κ2) is 7.74. The Bertz CT molecular complexity index is 649. The number of fused-ring (bicyclic) bond motifs is 1. The highest BCUT2D eigenvalue weighted by molar-refractivity contribution is 5.96. The van der Waals surface area contributed by atoms with Crippen molar-refractivity contribution in [2.75, 3.05) is 19.5 Å². The minimum Gasteiger partial charge on any atom is -0.497 e. The Morgan fingerprint density at radius 3 is 2.68 bits per heavy atom. The van der Waals surface area contributed by atoms with Crippen molar-refractivity contribution in [3.8, 4) is 11.5 Å². The van der Waals surface area contributed by atoms with Crippen LogP contribution in [0.15, 0.2) is 18.2 Å². The molecule has 7 heteroatoms. The summed E-state index contributed by atoms with van der Waals surface area (Å²) in [6.07, 6.45) is 4.43. The van der Waals surface area contributed by atoms with Crippen LogP contribution in [0.5, 0.6) is 11.5 Å². The molecule has 1 aliphatic carbocycles. The maximum Gasteiger partial charge on any atom is 0.237 e. The van der Waals surface area contributed by atoms with Crippen LogP contribution in [0, 0.1) is 0 Å². The maximum absolute atomic E-state index is 12.4. The van der Waals surface area contributed by atoms with Gasteiger partial charge < -0.3 is 25.4 Å². The van der Waals surface area contributed by atoms with Crippen LogP contribution < -0.4 is 25.4 Å². The number of carbonyl (C=O) groups is 2. The van der Waals surface area contributed by atoms with E-state index >= 15 is 0 Å². The summed E-state index contributed by atoms with van der Waals surface area (Å²) in [5, 5.41) is 9.21. The predicted octanol–water partition coefficient (Wildman–Crippen LogP) is 1.43. The highest BCUT2D eigenvalue weighted by Crippen LogP contribution is 2.29. The van der Waals surface area contributed by atoms with E-state index in [9.17, 15) is 9.59 Å². The van der Waals surface area contributed by atoms with Crippen molar-refractivity contribution in [3.05, 3.63) is 18.2 Å². The SMILES string of the molecule is COc1ccc(NC(=O)C[C@@H]2N[C@H]3CCCC[C@H]3NC2=O)c(OC)c1. The van der Waals surface area contributed by atoms with Crippen LogP contribution in [-0.2, 0) is 9.59 Å². The number of piperazine rings is 1. The first-order valence-electron chi connectivity index (χ1n) is 8.69. The molecule has 0 radical (unpaired) electrons. The van der Waals surface area contributed by atoms with Crippen LogP contribution >= 0.6 is 0 Å². The molecule has 2 aliphatic rings. The summed E-state index contributed by atoms with van der Waals surface area (Å²) in [4.78, 5) is 24.6. The fourth-order valence-corrected chi connectivity index (χ4v) is 3.56. The minimum atomic E-state index is -0.497. The van der Waals surface area contributed by atoms with E-state index in [1.54, 1.807) is 25.3 Å². The van der Waals surface area contributed by atoms with Gasteiger partial charge in [-0.1, -0.05) is 12.8 Å². The molecule has 2 fully saturated rings. The molecule has 1 aromatic carbocycles. The van der Waals surface area contributed by atoms with Crippen molar-refractivity contribution in [1.29, 1.82) is 0 Å². The van der Waals surface area contributed by atoms with E-state index in [1.165, 1.54) is 7.11 Å². The molecule has 2 amide bonds. The number of ether oxygens (including phenoxy) is 2. The molecule has 1 saturated heterocycles. The number of anilines is 1. The summed E-state index contributed by atoms with van der Waals surface area (Å²) in [7, 11) is 3.10. The van der Waals surface area contributed by atoms with E-state index in [2.05, 4.69) is 16.0 Å². The number of benzene rings is 1. The normalized spacial score (nSPS) is 25.5. The molecule has 3 rings (SSSR count). The van der Waals surface area contributed by atoms with Gasteiger partial charge in [-0.2, -0.15) is 0 Å². The third-order valence-corrected chi connectivity index (χ3v) is 4.90. The van der Waals surface area contributed by atoms with Gasteiger partial charge in [-0.3, -0.25) is 9.59 Å². The molecule has 0 unspecified atom stereocenters. The van der Waals surface area contributed by atoms with Gasteiger partial charge >= 0.3 is 0 Å². The Morgan fingerprint density at radius 2 is 1.96 bits per heavy atom. The number of methoxy groups -OCH3 is 2. The van der Waals surface area contributed by atoms with E-state index in [4.69, 9.17) is 9.47 Å². The molecule has 25 heavy (non-hydrogen) atoms. The molecule has 1 aromatic rings. The number of amides is 2. The maximum atomic E-state index is 12.4. The molecule has 1 saturated carbocycles. The lowest BCUT2D eigenvalue weighted by Gasteiger charge is -2.40. The van der Waals surface area contributed by atoms with Gasteiger partial charge in [-0.25, -0.2) is 0 Å². The van der Waals surface area contributed by atoms with Gasteiger partial charge in [0.1, 0.15) is 11.5 Å². The lowest BCUT2D eigenvalue weighted by molar-refractivity contribution is -0.129. The lowest BCUT2D eigenvalue weighted by Crippen LogP contribution is -2.65. The summed E-state index contributed by atoms with van der Waals surface area (Å²) < 4.78 is 10.4. The Morgan fingerprint density at radius 1 is 1.20 bits per heavy atom. The fourth-order valence-electron chi connectivity index (χ4n) is 3.56.